The Bertz CT molecular complexity index is 764. The fourth-order valence-corrected chi connectivity index (χ4v) is 2.50. The Balaban J connectivity index is 0.00000392. The van der Waals surface area contributed by atoms with Crippen LogP contribution in [-0.2, 0) is 17.8 Å². The molecule has 152 valence electrons. The number of rotatable bonds is 8. The molecule has 6 nitrogen and oxygen atoms in total. The van der Waals surface area contributed by atoms with Gasteiger partial charge in [0.2, 0.25) is 0 Å². The fourth-order valence-electron chi connectivity index (χ4n) is 2.50. The molecule has 0 radical (unpaired) electrons. The first-order chi connectivity index (χ1) is 13.2. The Morgan fingerprint density at radius 3 is 2.39 bits per heavy atom. The van der Waals surface area contributed by atoms with Crippen LogP contribution in [0.3, 0.4) is 0 Å². The van der Waals surface area contributed by atoms with Crippen molar-refractivity contribution < 1.29 is 14.3 Å². The number of nitrogens with one attached hydrogen (secondary N) is 2. The van der Waals surface area contributed by atoms with E-state index in [0.717, 1.165) is 29.4 Å². The van der Waals surface area contributed by atoms with Crippen LogP contribution in [0.1, 0.15) is 35.3 Å². The molecule has 0 fully saturated rings. The van der Waals surface area contributed by atoms with E-state index >= 15 is 0 Å². The number of hydrogen-bond acceptors (Lipinski definition) is 4. The van der Waals surface area contributed by atoms with Crippen LogP contribution in [0.2, 0.25) is 0 Å². The lowest BCUT2D eigenvalue weighted by Gasteiger charge is -2.13. The van der Waals surface area contributed by atoms with Crippen molar-refractivity contribution in [2.75, 3.05) is 20.3 Å². The van der Waals surface area contributed by atoms with Crippen LogP contribution in [-0.4, -0.2) is 32.2 Å². The first-order valence-corrected chi connectivity index (χ1v) is 9.08. The highest BCUT2D eigenvalue weighted by Crippen LogP contribution is 2.16. The number of halogens is 1. The van der Waals surface area contributed by atoms with Gasteiger partial charge in [0.05, 0.1) is 25.8 Å². The average molecular weight is 497 g/mol. The molecule has 0 aliphatic rings. The number of carbonyl (C=O) groups excluding carboxylic acids is 1. The van der Waals surface area contributed by atoms with Gasteiger partial charge in [0, 0.05) is 18.7 Å². The van der Waals surface area contributed by atoms with Crippen molar-refractivity contribution in [3.8, 4) is 5.75 Å². The number of hydrogen-bond donors (Lipinski definition) is 2. The lowest BCUT2D eigenvalue weighted by Crippen LogP contribution is -2.36. The van der Waals surface area contributed by atoms with E-state index in [1.165, 1.54) is 0 Å². The summed E-state index contributed by atoms with van der Waals surface area (Å²) in [5.74, 6) is 1.26. The highest BCUT2D eigenvalue weighted by atomic mass is 127. The summed E-state index contributed by atoms with van der Waals surface area (Å²) in [6.45, 7) is 6.06. The molecule has 0 aliphatic heterocycles. The Hall–Kier alpha value is -2.29. The van der Waals surface area contributed by atoms with E-state index in [2.05, 4.69) is 15.6 Å². The molecule has 0 heterocycles. The van der Waals surface area contributed by atoms with E-state index in [4.69, 9.17) is 9.47 Å². The van der Waals surface area contributed by atoms with Crippen LogP contribution in [0.5, 0.6) is 5.75 Å². The van der Waals surface area contributed by atoms with Crippen molar-refractivity contribution in [1.82, 2.24) is 10.6 Å². The van der Waals surface area contributed by atoms with Crippen molar-refractivity contribution >= 4 is 35.9 Å². The number of aliphatic imine (C=N–C) groups is 1. The molecule has 28 heavy (non-hydrogen) atoms. The van der Waals surface area contributed by atoms with Gasteiger partial charge < -0.3 is 20.1 Å². The number of esters is 1. The molecular weight excluding hydrogens is 469 g/mol. The summed E-state index contributed by atoms with van der Waals surface area (Å²) in [4.78, 5) is 16.3. The predicted octanol–water partition coefficient (Wildman–Crippen LogP) is 3.75. The quantitative estimate of drug-likeness (QED) is 0.252. The van der Waals surface area contributed by atoms with Crippen LogP contribution < -0.4 is 15.4 Å². The number of methoxy groups -OCH3 is 1. The van der Waals surface area contributed by atoms with E-state index in [1.807, 2.05) is 43.3 Å². The summed E-state index contributed by atoms with van der Waals surface area (Å²) in [6, 6.07) is 15.2. The Morgan fingerprint density at radius 2 is 1.75 bits per heavy atom. The van der Waals surface area contributed by atoms with Crippen LogP contribution in [0.25, 0.3) is 0 Å². The molecule has 0 unspecified atom stereocenters. The second kappa shape index (κ2) is 13.0. The van der Waals surface area contributed by atoms with Crippen molar-refractivity contribution in [3.05, 3.63) is 65.2 Å². The van der Waals surface area contributed by atoms with Crippen LogP contribution in [0.15, 0.2) is 53.5 Å². The molecule has 0 amide bonds. The minimum Gasteiger partial charge on any atom is -0.496 e. The average Bonchev–Trinajstić information content (AvgIpc) is 2.71. The molecule has 7 heteroatoms. The second-order valence-electron chi connectivity index (χ2n) is 5.78. The highest BCUT2D eigenvalue weighted by molar-refractivity contribution is 14.0. The standard InChI is InChI=1S/C21H27N3O3.HI/c1-4-22-21(24-15-18-8-6-7-9-19(18)26-3)23-14-16-10-12-17(13-11-16)20(25)27-5-2;/h6-13H,4-5,14-15H2,1-3H3,(H2,22,23,24);1H. The summed E-state index contributed by atoms with van der Waals surface area (Å²) >= 11 is 0. The van der Waals surface area contributed by atoms with E-state index in [-0.39, 0.29) is 29.9 Å². The first kappa shape index (κ1) is 23.7. The van der Waals surface area contributed by atoms with E-state index in [9.17, 15) is 4.79 Å². The van der Waals surface area contributed by atoms with Gasteiger partial charge in [-0.1, -0.05) is 30.3 Å². The topological polar surface area (TPSA) is 72.0 Å². The second-order valence-corrected chi connectivity index (χ2v) is 5.78. The van der Waals surface area contributed by atoms with Gasteiger partial charge in [0.1, 0.15) is 5.75 Å². The number of ether oxygens (including phenoxy) is 2. The number of guanidine groups is 1. The highest BCUT2D eigenvalue weighted by Gasteiger charge is 2.06. The van der Waals surface area contributed by atoms with Crippen LogP contribution in [0.4, 0.5) is 0 Å². The van der Waals surface area contributed by atoms with Gasteiger partial charge in [-0.3, -0.25) is 0 Å². The molecule has 0 aliphatic carbocycles. The smallest absolute Gasteiger partial charge is 0.338 e. The summed E-state index contributed by atoms with van der Waals surface area (Å²) in [5.41, 5.74) is 2.62. The molecule has 0 spiro atoms. The summed E-state index contributed by atoms with van der Waals surface area (Å²) < 4.78 is 10.4. The molecule has 2 N–H and O–H groups in total. The molecule has 0 bridgehead atoms. The minimum absolute atomic E-state index is 0. The Labute approximate surface area is 183 Å². The van der Waals surface area contributed by atoms with Gasteiger partial charge in [-0.15, -0.1) is 24.0 Å². The van der Waals surface area contributed by atoms with Gasteiger partial charge >= 0.3 is 5.97 Å². The molecular formula is C21H28IN3O3. The lowest BCUT2D eigenvalue weighted by atomic mass is 10.1. The maximum Gasteiger partial charge on any atom is 0.338 e. The Morgan fingerprint density at radius 1 is 1.04 bits per heavy atom. The number of para-hydroxylation sites is 1. The molecule has 2 rings (SSSR count). The minimum atomic E-state index is -0.306. The molecule has 0 atom stereocenters. The molecule has 0 saturated heterocycles. The van der Waals surface area contributed by atoms with E-state index in [1.54, 1.807) is 26.2 Å². The third-order valence-electron chi connectivity index (χ3n) is 3.87. The van der Waals surface area contributed by atoms with Crippen LogP contribution >= 0.6 is 24.0 Å². The fraction of sp³-hybridized carbons (Fsp3) is 0.333. The SMILES string of the molecule is CCNC(=NCc1ccc(C(=O)OCC)cc1)NCc1ccccc1OC.I. The van der Waals surface area contributed by atoms with Crippen molar-refractivity contribution in [2.24, 2.45) is 4.99 Å². The lowest BCUT2D eigenvalue weighted by molar-refractivity contribution is 0.0526. The number of benzene rings is 2. The maximum absolute atomic E-state index is 11.7. The molecule has 2 aromatic carbocycles. The van der Waals surface area contributed by atoms with Gasteiger partial charge in [0.15, 0.2) is 5.96 Å². The zero-order valence-electron chi connectivity index (χ0n) is 16.5. The van der Waals surface area contributed by atoms with E-state index in [0.29, 0.717) is 25.3 Å². The monoisotopic (exact) mass is 497 g/mol. The summed E-state index contributed by atoms with van der Waals surface area (Å²) in [7, 11) is 1.66. The third-order valence-corrected chi connectivity index (χ3v) is 3.87. The zero-order valence-corrected chi connectivity index (χ0v) is 18.9. The molecule has 0 saturated carbocycles. The van der Waals surface area contributed by atoms with Crippen molar-refractivity contribution in [1.29, 1.82) is 0 Å². The van der Waals surface area contributed by atoms with Crippen molar-refractivity contribution in [2.45, 2.75) is 26.9 Å². The van der Waals surface area contributed by atoms with Gasteiger partial charge in [-0.25, -0.2) is 9.79 Å². The Kier molecular flexibility index (Phi) is 11.0. The summed E-state index contributed by atoms with van der Waals surface area (Å²) in [6.07, 6.45) is 0. The largest absolute Gasteiger partial charge is 0.496 e. The van der Waals surface area contributed by atoms with Gasteiger partial charge in [0.25, 0.3) is 0 Å². The maximum atomic E-state index is 11.7. The van der Waals surface area contributed by atoms with E-state index < -0.39 is 0 Å². The van der Waals surface area contributed by atoms with Crippen molar-refractivity contribution in [3.63, 3.8) is 0 Å². The predicted molar refractivity (Wildman–Crippen MR) is 122 cm³/mol. The number of carbonyl (C=O) groups is 1. The number of nitrogens with zero attached hydrogens (tertiary/aromatic N) is 1. The normalized spacial score (nSPS) is 10.6. The third kappa shape index (κ3) is 7.38. The first-order valence-electron chi connectivity index (χ1n) is 9.08. The van der Waals surface area contributed by atoms with Crippen LogP contribution in [0, 0.1) is 0 Å². The van der Waals surface area contributed by atoms with Gasteiger partial charge in [-0.2, -0.15) is 0 Å². The summed E-state index contributed by atoms with van der Waals surface area (Å²) in [5, 5.41) is 6.54. The molecule has 0 aromatic heterocycles. The zero-order chi connectivity index (χ0) is 19.5. The van der Waals surface area contributed by atoms with Gasteiger partial charge in [-0.05, 0) is 37.6 Å². The molecule has 2 aromatic rings.